The smallest absolute Gasteiger partial charge is 0.118 e. The third kappa shape index (κ3) is 3.92. The molecule has 4 nitrogen and oxygen atoms in total. The van der Waals surface area contributed by atoms with Gasteiger partial charge in [0, 0.05) is 11.5 Å². The van der Waals surface area contributed by atoms with Crippen LogP contribution in [0, 0.1) is 6.92 Å². The van der Waals surface area contributed by atoms with E-state index in [-0.39, 0.29) is 0 Å². The first-order chi connectivity index (χ1) is 7.24. The molecule has 0 saturated carbocycles. The summed E-state index contributed by atoms with van der Waals surface area (Å²) in [4.78, 5) is 2.70. The van der Waals surface area contributed by atoms with Crippen LogP contribution in [0.1, 0.15) is 24.0 Å². The minimum absolute atomic E-state index is 0.341. The summed E-state index contributed by atoms with van der Waals surface area (Å²) in [6.45, 7) is 2.45. The fourth-order valence-corrected chi connectivity index (χ4v) is 1.43. The van der Waals surface area contributed by atoms with Crippen LogP contribution in [0.4, 0.5) is 0 Å². The normalized spacial score (nSPS) is 9.67. The van der Waals surface area contributed by atoms with Crippen molar-refractivity contribution in [3.8, 4) is 5.75 Å². The largest absolute Gasteiger partial charge is 0.508 e. The Balaban J connectivity index is 2.37. The number of hydrogen-bond acceptors (Lipinski definition) is 2. The van der Waals surface area contributed by atoms with E-state index in [1.54, 1.807) is 6.07 Å². The highest BCUT2D eigenvalue weighted by Gasteiger charge is 1.97. The summed E-state index contributed by atoms with van der Waals surface area (Å²) >= 11 is 0. The monoisotopic (exact) mass is 205 g/mol. The Hall–Kier alpha value is -1.67. The van der Waals surface area contributed by atoms with Crippen molar-refractivity contribution in [2.45, 2.75) is 26.2 Å². The number of unbranched alkanes of at least 4 members (excludes halogenated alkanes) is 1. The van der Waals surface area contributed by atoms with Gasteiger partial charge in [-0.05, 0) is 48.9 Å². The van der Waals surface area contributed by atoms with Crippen molar-refractivity contribution in [3.05, 3.63) is 39.8 Å². The number of aromatic hydroxyl groups is 1. The van der Waals surface area contributed by atoms with Crippen LogP contribution in [-0.2, 0) is 6.42 Å². The predicted molar refractivity (Wildman–Crippen MR) is 59.8 cm³/mol. The molecule has 0 amide bonds. The van der Waals surface area contributed by atoms with Gasteiger partial charge in [0.25, 0.3) is 0 Å². The first-order valence-electron chi connectivity index (χ1n) is 5.03. The summed E-state index contributed by atoms with van der Waals surface area (Å²) in [5.74, 6) is 0.341. The Kier molecular flexibility index (Phi) is 4.51. The maximum atomic E-state index is 9.33. The molecule has 4 heteroatoms. The maximum absolute atomic E-state index is 9.33. The van der Waals surface area contributed by atoms with Gasteiger partial charge in [-0.15, -0.1) is 0 Å². The minimum Gasteiger partial charge on any atom is -0.508 e. The highest BCUT2D eigenvalue weighted by molar-refractivity contribution is 5.34. The van der Waals surface area contributed by atoms with E-state index in [9.17, 15) is 5.11 Å². The van der Waals surface area contributed by atoms with Crippen LogP contribution in [0.3, 0.4) is 0 Å². The SMILES string of the molecule is Cc1cc(CCCCN=[N+]=[N-])ccc1O. The molecule has 80 valence electrons. The summed E-state index contributed by atoms with van der Waals surface area (Å²) in [7, 11) is 0. The lowest BCUT2D eigenvalue weighted by atomic mass is 10.1. The summed E-state index contributed by atoms with van der Waals surface area (Å²) in [5, 5.41) is 12.8. The van der Waals surface area contributed by atoms with Crippen LogP contribution in [0.25, 0.3) is 10.4 Å². The molecular weight excluding hydrogens is 190 g/mol. The zero-order valence-electron chi connectivity index (χ0n) is 8.85. The molecule has 0 aromatic heterocycles. The third-order valence-electron chi connectivity index (χ3n) is 2.30. The maximum Gasteiger partial charge on any atom is 0.118 e. The molecule has 0 heterocycles. The number of rotatable bonds is 5. The minimum atomic E-state index is 0.341. The molecule has 0 aliphatic rings. The molecule has 0 atom stereocenters. The van der Waals surface area contributed by atoms with Crippen molar-refractivity contribution in [3.63, 3.8) is 0 Å². The Labute approximate surface area is 89.2 Å². The van der Waals surface area contributed by atoms with Crippen LogP contribution >= 0.6 is 0 Å². The van der Waals surface area contributed by atoms with Gasteiger partial charge in [0.15, 0.2) is 0 Å². The molecule has 0 bridgehead atoms. The molecule has 1 aromatic rings. The molecule has 0 saturated heterocycles. The second-order valence-corrected chi connectivity index (χ2v) is 3.53. The lowest BCUT2D eigenvalue weighted by Crippen LogP contribution is -1.88. The number of nitrogens with zero attached hydrogens (tertiary/aromatic N) is 3. The van der Waals surface area contributed by atoms with Gasteiger partial charge in [-0.1, -0.05) is 17.2 Å². The molecule has 0 aliphatic carbocycles. The van der Waals surface area contributed by atoms with Gasteiger partial charge >= 0.3 is 0 Å². The van der Waals surface area contributed by atoms with E-state index in [1.165, 1.54) is 5.56 Å². The van der Waals surface area contributed by atoms with Crippen LogP contribution in [0.15, 0.2) is 23.3 Å². The summed E-state index contributed by atoms with van der Waals surface area (Å²) in [5.41, 5.74) is 10.2. The number of hydrogen-bond donors (Lipinski definition) is 1. The van der Waals surface area contributed by atoms with Crippen molar-refractivity contribution in [1.82, 2.24) is 0 Å². The lowest BCUT2D eigenvalue weighted by Gasteiger charge is -2.03. The average molecular weight is 205 g/mol. The zero-order chi connectivity index (χ0) is 11.1. The van der Waals surface area contributed by atoms with Crippen LogP contribution in [0.2, 0.25) is 0 Å². The first kappa shape index (κ1) is 11.4. The van der Waals surface area contributed by atoms with E-state index in [2.05, 4.69) is 10.0 Å². The van der Waals surface area contributed by atoms with E-state index >= 15 is 0 Å². The number of benzene rings is 1. The van der Waals surface area contributed by atoms with Gasteiger partial charge < -0.3 is 5.11 Å². The van der Waals surface area contributed by atoms with Gasteiger partial charge in [0.1, 0.15) is 5.75 Å². The predicted octanol–water partition coefficient (Wildman–Crippen LogP) is 3.33. The van der Waals surface area contributed by atoms with Gasteiger partial charge in [-0.2, -0.15) is 0 Å². The molecule has 0 fully saturated rings. The molecule has 1 rings (SSSR count). The third-order valence-corrected chi connectivity index (χ3v) is 2.30. The van der Waals surface area contributed by atoms with Gasteiger partial charge in [-0.25, -0.2) is 0 Å². The molecular formula is C11H15N3O. The van der Waals surface area contributed by atoms with Crippen molar-refractivity contribution in [2.24, 2.45) is 5.11 Å². The van der Waals surface area contributed by atoms with Crippen LogP contribution < -0.4 is 0 Å². The number of azide groups is 1. The Morgan fingerprint density at radius 1 is 1.40 bits per heavy atom. The Morgan fingerprint density at radius 2 is 2.20 bits per heavy atom. The van der Waals surface area contributed by atoms with Crippen molar-refractivity contribution in [1.29, 1.82) is 0 Å². The van der Waals surface area contributed by atoms with Crippen molar-refractivity contribution in [2.75, 3.05) is 6.54 Å². The second kappa shape index (κ2) is 5.94. The number of phenolic OH excluding ortho intramolecular Hbond substituents is 1. The molecule has 0 spiro atoms. The summed E-state index contributed by atoms with van der Waals surface area (Å²) in [6, 6.07) is 5.64. The van der Waals surface area contributed by atoms with Crippen LogP contribution in [-0.4, -0.2) is 11.7 Å². The fraction of sp³-hybridized carbons (Fsp3) is 0.455. The average Bonchev–Trinajstić information content (AvgIpc) is 2.23. The fourth-order valence-electron chi connectivity index (χ4n) is 1.43. The summed E-state index contributed by atoms with van der Waals surface area (Å²) in [6.07, 6.45) is 2.87. The van der Waals surface area contributed by atoms with Gasteiger partial charge in [0.2, 0.25) is 0 Å². The first-order valence-corrected chi connectivity index (χ1v) is 5.03. The molecule has 0 radical (unpaired) electrons. The van der Waals surface area contributed by atoms with Crippen LogP contribution in [0.5, 0.6) is 5.75 Å². The van der Waals surface area contributed by atoms with E-state index in [4.69, 9.17) is 5.53 Å². The second-order valence-electron chi connectivity index (χ2n) is 3.53. The number of phenols is 1. The Bertz CT molecular complexity index is 370. The Morgan fingerprint density at radius 3 is 2.87 bits per heavy atom. The molecule has 1 aromatic carbocycles. The molecule has 0 aliphatic heterocycles. The molecule has 15 heavy (non-hydrogen) atoms. The highest BCUT2D eigenvalue weighted by Crippen LogP contribution is 2.18. The highest BCUT2D eigenvalue weighted by atomic mass is 16.3. The van der Waals surface area contributed by atoms with E-state index in [0.29, 0.717) is 12.3 Å². The number of aryl methyl sites for hydroxylation is 2. The molecule has 0 unspecified atom stereocenters. The van der Waals surface area contributed by atoms with E-state index < -0.39 is 0 Å². The van der Waals surface area contributed by atoms with Crippen molar-refractivity contribution < 1.29 is 5.11 Å². The quantitative estimate of drug-likeness (QED) is 0.340. The topological polar surface area (TPSA) is 69.0 Å². The van der Waals surface area contributed by atoms with E-state index in [0.717, 1.165) is 24.8 Å². The summed E-state index contributed by atoms with van der Waals surface area (Å²) < 4.78 is 0. The van der Waals surface area contributed by atoms with Crippen molar-refractivity contribution >= 4 is 0 Å². The zero-order valence-corrected chi connectivity index (χ0v) is 8.85. The van der Waals surface area contributed by atoms with Gasteiger partial charge in [-0.3, -0.25) is 0 Å². The standard InChI is InChI=1S/C11H15N3O/c1-9-8-10(5-6-11(9)15)4-2-3-7-13-14-12/h5-6,8,15H,2-4,7H2,1H3. The molecule has 1 N–H and O–H groups in total. The van der Waals surface area contributed by atoms with E-state index in [1.807, 2.05) is 19.1 Å². The lowest BCUT2D eigenvalue weighted by molar-refractivity contribution is 0.471. The van der Waals surface area contributed by atoms with Gasteiger partial charge in [0.05, 0.1) is 0 Å².